The van der Waals surface area contributed by atoms with E-state index < -0.39 is 6.10 Å². The van der Waals surface area contributed by atoms with Crippen molar-refractivity contribution in [1.29, 1.82) is 0 Å². The van der Waals surface area contributed by atoms with Gasteiger partial charge in [0.1, 0.15) is 5.82 Å². The maximum Gasteiger partial charge on any atom is 0.130 e. The Hall–Kier alpha value is -1.84. The van der Waals surface area contributed by atoms with Crippen molar-refractivity contribution in [3.05, 3.63) is 72.0 Å². The Kier molecular flexibility index (Phi) is 3.95. The van der Waals surface area contributed by atoms with Crippen molar-refractivity contribution in [2.24, 2.45) is 0 Å². The molecule has 106 valence electrons. The van der Waals surface area contributed by atoms with Crippen molar-refractivity contribution in [2.75, 3.05) is 0 Å². The minimum atomic E-state index is -0.825. The van der Waals surface area contributed by atoms with E-state index in [4.69, 9.17) is 0 Å². The van der Waals surface area contributed by atoms with E-state index in [9.17, 15) is 9.50 Å². The molecule has 1 unspecified atom stereocenters. The molecule has 1 N–H and O–H groups in total. The fraction of sp³-hybridized carbons (Fsp3) is 0.111. The van der Waals surface area contributed by atoms with Crippen LogP contribution in [0.3, 0.4) is 0 Å². The van der Waals surface area contributed by atoms with E-state index >= 15 is 0 Å². The van der Waals surface area contributed by atoms with Gasteiger partial charge in [0.25, 0.3) is 0 Å². The number of fused-ring (bicyclic) bond motifs is 1. The molecule has 0 heterocycles. The second-order valence-electron chi connectivity index (χ2n) is 4.94. The van der Waals surface area contributed by atoms with Crippen LogP contribution < -0.4 is 0 Å². The van der Waals surface area contributed by atoms with Gasteiger partial charge in [0, 0.05) is 15.4 Å². The van der Waals surface area contributed by atoms with Crippen LogP contribution in [-0.2, 0) is 0 Å². The summed E-state index contributed by atoms with van der Waals surface area (Å²) < 4.78 is 13.9. The van der Waals surface area contributed by atoms with Gasteiger partial charge in [-0.2, -0.15) is 0 Å². The summed E-state index contributed by atoms with van der Waals surface area (Å²) in [6, 6.07) is 19.2. The molecular formula is C18H15FOS. The molecule has 1 nitrogen and oxygen atoms in total. The highest BCUT2D eigenvalue weighted by molar-refractivity contribution is 7.99. The standard InChI is InChI=1S/C18H15FOS/c1-12(20)18-16(19)7-4-8-17(18)21-15-10-9-13-5-2-3-6-14(13)11-15/h2-12,20H,1H3. The first-order valence-electron chi connectivity index (χ1n) is 6.78. The van der Waals surface area contributed by atoms with Gasteiger partial charge < -0.3 is 5.11 Å². The monoisotopic (exact) mass is 298 g/mol. The summed E-state index contributed by atoms with van der Waals surface area (Å²) in [4.78, 5) is 1.78. The Morgan fingerprint density at radius 2 is 1.71 bits per heavy atom. The molecule has 3 rings (SSSR count). The van der Waals surface area contributed by atoms with E-state index in [1.165, 1.54) is 23.2 Å². The first-order chi connectivity index (χ1) is 10.1. The van der Waals surface area contributed by atoms with E-state index in [2.05, 4.69) is 24.3 Å². The lowest BCUT2D eigenvalue weighted by molar-refractivity contribution is 0.191. The molecule has 0 fully saturated rings. The average Bonchev–Trinajstić information content (AvgIpc) is 2.47. The van der Waals surface area contributed by atoms with Crippen LogP contribution in [0, 0.1) is 5.82 Å². The van der Waals surface area contributed by atoms with E-state index in [1.807, 2.05) is 24.3 Å². The number of aliphatic hydroxyl groups excluding tert-OH is 1. The zero-order chi connectivity index (χ0) is 14.8. The molecule has 3 aromatic rings. The molecule has 0 spiro atoms. The fourth-order valence-electron chi connectivity index (χ4n) is 2.37. The maximum atomic E-state index is 13.9. The highest BCUT2D eigenvalue weighted by atomic mass is 32.2. The lowest BCUT2D eigenvalue weighted by Crippen LogP contribution is -1.98. The average molecular weight is 298 g/mol. The van der Waals surface area contributed by atoms with Crippen LogP contribution in [0.4, 0.5) is 4.39 Å². The molecule has 0 aliphatic rings. The SMILES string of the molecule is CC(O)c1c(F)cccc1Sc1ccc2ccccc2c1. The summed E-state index contributed by atoms with van der Waals surface area (Å²) >= 11 is 1.47. The summed E-state index contributed by atoms with van der Waals surface area (Å²) in [7, 11) is 0. The summed E-state index contributed by atoms with van der Waals surface area (Å²) in [5.74, 6) is -0.365. The van der Waals surface area contributed by atoms with E-state index in [0.717, 1.165) is 15.2 Å². The molecule has 0 amide bonds. The molecule has 0 aliphatic carbocycles. The van der Waals surface area contributed by atoms with Gasteiger partial charge in [-0.3, -0.25) is 0 Å². The van der Waals surface area contributed by atoms with Crippen LogP contribution in [0.2, 0.25) is 0 Å². The molecule has 21 heavy (non-hydrogen) atoms. The molecule has 0 bridgehead atoms. The minimum Gasteiger partial charge on any atom is -0.389 e. The lowest BCUT2D eigenvalue weighted by Gasteiger charge is -2.13. The predicted molar refractivity (Wildman–Crippen MR) is 85.1 cm³/mol. The molecule has 0 aliphatic heterocycles. The third-order valence-electron chi connectivity index (χ3n) is 3.38. The normalized spacial score (nSPS) is 12.5. The highest BCUT2D eigenvalue weighted by Gasteiger charge is 2.14. The second-order valence-corrected chi connectivity index (χ2v) is 6.05. The zero-order valence-corrected chi connectivity index (χ0v) is 12.4. The van der Waals surface area contributed by atoms with Gasteiger partial charge in [0.05, 0.1) is 6.10 Å². The quantitative estimate of drug-likeness (QED) is 0.718. The Morgan fingerprint density at radius 3 is 2.48 bits per heavy atom. The molecule has 3 heteroatoms. The van der Waals surface area contributed by atoms with Crippen molar-refractivity contribution < 1.29 is 9.50 Å². The van der Waals surface area contributed by atoms with Gasteiger partial charge in [0.2, 0.25) is 0 Å². The summed E-state index contributed by atoms with van der Waals surface area (Å²) in [5, 5.41) is 12.1. The van der Waals surface area contributed by atoms with Gasteiger partial charge >= 0.3 is 0 Å². The van der Waals surface area contributed by atoms with Gasteiger partial charge in [-0.1, -0.05) is 48.2 Å². The molecule has 1 atom stereocenters. The number of rotatable bonds is 3. The maximum absolute atomic E-state index is 13.9. The van der Waals surface area contributed by atoms with Crippen LogP contribution in [0.5, 0.6) is 0 Å². The number of hydrogen-bond donors (Lipinski definition) is 1. The summed E-state index contributed by atoms with van der Waals surface area (Å²) in [5.41, 5.74) is 0.357. The van der Waals surface area contributed by atoms with Crippen LogP contribution in [0.15, 0.2) is 70.5 Å². The van der Waals surface area contributed by atoms with Crippen molar-refractivity contribution in [3.63, 3.8) is 0 Å². The van der Waals surface area contributed by atoms with Gasteiger partial charge in [-0.05, 0) is 42.0 Å². The first-order valence-corrected chi connectivity index (χ1v) is 7.60. The lowest BCUT2D eigenvalue weighted by atomic mass is 10.1. The van der Waals surface area contributed by atoms with Crippen molar-refractivity contribution in [1.82, 2.24) is 0 Å². The van der Waals surface area contributed by atoms with Crippen molar-refractivity contribution >= 4 is 22.5 Å². The minimum absolute atomic E-state index is 0.357. The molecule has 0 saturated carbocycles. The number of aliphatic hydroxyl groups is 1. The highest BCUT2D eigenvalue weighted by Crippen LogP contribution is 2.35. The molecular weight excluding hydrogens is 283 g/mol. The van der Waals surface area contributed by atoms with Crippen LogP contribution in [-0.4, -0.2) is 5.11 Å². The van der Waals surface area contributed by atoms with E-state index in [1.54, 1.807) is 13.0 Å². The Labute approximate surface area is 127 Å². The summed E-state index contributed by atoms with van der Waals surface area (Å²) in [6.07, 6.45) is -0.825. The zero-order valence-electron chi connectivity index (χ0n) is 11.6. The Bertz CT molecular complexity index is 783. The van der Waals surface area contributed by atoms with E-state index in [-0.39, 0.29) is 5.82 Å². The molecule has 0 saturated heterocycles. The molecule has 0 radical (unpaired) electrons. The van der Waals surface area contributed by atoms with Crippen LogP contribution >= 0.6 is 11.8 Å². The van der Waals surface area contributed by atoms with Crippen molar-refractivity contribution in [3.8, 4) is 0 Å². The predicted octanol–water partition coefficient (Wildman–Crippen LogP) is 5.18. The fourth-order valence-corrected chi connectivity index (χ4v) is 3.47. The largest absolute Gasteiger partial charge is 0.389 e. The smallest absolute Gasteiger partial charge is 0.130 e. The van der Waals surface area contributed by atoms with Crippen LogP contribution in [0.25, 0.3) is 10.8 Å². The Morgan fingerprint density at radius 1 is 0.952 bits per heavy atom. The summed E-state index contributed by atoms with van der Waals surface area (Å²) in [6.45, 7) is 1.59. The van der Waals surface area contributed by atoms with Gasteiger partial charge in [-0.25, -0.2) is 4.39 Å². The Balaban J connectivity index is 2.00. The number of hydrogen-bond acceptors (Lipinski definition) is 2. The number of benzene rings is 3. The van der Waals surface area contributed by atoms with E-state index in [0.29, 0.717) is 5.56 Å². The van der Waals surface area contributed by atoms with Gasteiger partial charge in [-0.15, -0.1) is 0 Å². The van der Waals surface area contributed by atoms with Crippen molar-refractivity contribution in [2.45, 2.75) is 22.8 Å². The molecule has 0 aromatic heterocycles. The van der Waals surface area contributed by atoms with Crippen LogP contribution in [0.1, 0.15) is 18.6 Å². The second kappa shape index (κ2) is 5.88. The number of halogens is 1. The van der Waals surface area contributed by atoms with Gasteiger partial charge in [0.15, 0.2) is 0 Å². The third-order valence-corrected chi connectivity index (χ3v) is 4.44. The third kappa shape index (κ3) is 2.94. The first kappa shape index (κ1) is 14.1. The molecule has 3 aromatic carbocycles. The topological polar surface area (TPSA) is 20.2 Å².